The third-order valence-electron chi connectivity index (χ3n) is 10.6. The van der Waals surface area contributed by atoms with E-state index in [1.165, 1.54) is 12.1 Å². The number of benzene rings is 1. The van der Waals surface area contributed by atoms with Gasteiger partial charge in [0.2, 0.25) is 11.8 Å². The average molecular weight is 503 g/mol. The Morgan fingerprint density at radius 1 is 1.03 bits per heavy atom. The summed E-state index contributed by atoms with van der Waals surface area (Å²) in [5.74, 6) is 0.156. The third-order valence-corrected chi connectivity index (χ3v) is 10.6. The Balaban J connectivity index is 1.39. The lowest BCUT2D eigenvalue weighted by molar-refractivity contribution is -0.199. The number of aryl methyl sites for hydroxylation is 1. The summed E-state index contributed by atoms with van der Waals surface area (Å²) in [6.45, 7) is 7.28. The predicted octanol–water partition coefficient (Wildman–Crippen LogP) is 5.80. The van der Waals surface area contributed by atoms with Gasteiger partial charge < -0.3 is 10.6 Å². The van der Waals surface area contributed by atoms with Crippen LogP contribution in [0, 0.1) is 41.4 Å². The molecule has 3 unspecified atom stereocenters. The molecule has 8 atom stereocenters. The summed E-state index contributed by atoms with van der Waals surface area (Å²) >= 11 is 0. The molecule has 3 fully saturated rings. The first-order chi connectivity index (χ1) is 16.8. The molecule has 2 N–H and O–H groups in total. The fourth-order valence-corrected chi connectivity index (χ4v) is 8.29. The molecule has 0 bridgehead atoms. The van der Waals surface area contributed by atoms with Gasteiger partial charge in [-0.25, -0.2) is 0 Å². The van der Waals surface area contributed by atoms with Crippen LogP contribution < -0.4 is 10.6 Å². The molecular formula is C29H37F3N2O2. The van der Waals surface area contributed by atoms with Crippen LogP contribution in [-0.2, 0) is 15.1 Å². The van der Waals surface area contributed by atoms with Gasteiger partial charge in [-0.3, -0.25) is 9.59 Å². The van der Waals surface area contributed by atoms with E-state index in [4.69, 9.17) is 0 Å². The minimum Gasteiger partial charge on any atom is -0.349 e. The molecule has 2 amide bonds. The maximum atomic E-state index is 14.4. The Labute approximate surface area is 211 Å². The molecule has 4 aliphatic rings. The fraction of sp³-hybridized carbons (Fsp3) is 0.655. The molecule has 196 valence electrons. The first-order valence-corrected chi connectivity index (χ1v) is 13.3. The van der Waals surface area contributed by atoms with E-state index >= 15 is 0 Å². The topological polar surface area (TPSA) is 58.2 Å². The fourth-order valence-electron chi connectivity index (χ4n) is 8.29. The van der Waals surface area contributed by atoms with Crippen molar-refractivity contribution in [3.8, 4) is 0 Å². The highest BCUT2D eigenvalue weighted by Crippen LogP contribution is 2.65. The van der Waals surface area contributed by atoms with Crippen LogP contribution in [0.3, 0.4) is 0 Å². The van der Waals surface area contributed by atoms with Crippen molar-refractivity contribution in [3.05, 3.63) is 47.5 Å². The maximum Gasteiger partial charge on any atom is 0.415 e. The lowest BCUT2D eigenvalue weighted by Crippen LogP contribution is -2.60. The Morgan fingerprint density at radius 2 is 1.72 bits per heavy atom. The summed E-state index contributed by atoms with van der Waals surface area (Å²) in [6.07, 6.45) is 4.21. The summed E-state index contributed by atoms with van der Waals surface area (Å²) in [7, 11) is 0. The van der Waals surface area contributed by atoms with Crippen LogP contribution in [0.15, 0.2) is 36.4 Å². The van der Waals surface area contributed by atoms with Crippen molar-refractivity contribution in [2.75, 3.05) is 0 Å². The maximum absolute atomic E-state index is 14.4. The lowest BCUT2D eigenvalue weighted by atomic mass is 9.48. The van der Waals surface area contributed by atoms with Gasteiger partial charge in [-0.15, -0.1) is 0 Å². The molecule has 0 radical (unpaired) electrons. The van der Waals surface area contributed by atoms with E-state index < -0.39 is 23.5 Å². The van der Waals surface area contributed by atoms with Gasteiger partial charge in [0.05, 0.1) is 0 Å². The number of rotatable bonds is 3. The standard InChI is InChI=1S/C29H37F3N2O2/c1-17-5-7-18(8-6-17)28(4,29(30,31)32)34-25(36)22-11-10-20-19-9-12-23-27(3,16-14-24(35)33-23)21(19)13-15-26(20,22)2/h5-8,14,16,19-23H,9-13,15H2,1-4H3,(H,33,35)(H,34,36)/t19-,20-,21+,22?,23?,26-,27+,28?/m0/s1. The lowest BCUT2D eigenvalue weighted by Gasteiger charge is -2.58. The third kappa shape index (κ3) is 3.71. The molecule has 0 saturated heterocycles. The molecule has 1 aromatic rings. The molecule has 1 aliphatic heterocycles. The molecule has 5 rings (SSSR count). The van der Waals surface area contributed by atoms with Gasteiger partial charge in [0.1, 0.15) is 0 Å². The summed E-state index contributed by atoms with van der Waals surface area (Å²) in [5, 5.41) is 5.63. The average Bonchev–Trinajstić information content (AvgIpc) is 3.16. The van der Waals surface area contributed by atoms with Crippen LogP contribution in [-0.4, -0.2) is 24.0 Å². The molecule has 3 saturated carbocycles. The van der Waals surface area contributed by atoms with E-state index in [1.807, 2.05) is 6.92 Å². The van der Waals surface area contributed by atoms with E-state index in [0.717, 1.165) is 44.6 Å². The van der Waals surface area contributed by atoms with Crippen LogP contribution in [0.1, 0.15) is 70.4 Å². The van der Waals surface area contributed by atoms with Gasteiger partial charge in [0.25, 0.3) is 0 Å². The molecule has 7 heteroatoms. The largest absolute Gasteiger partial charge is 0.415 e. The minimum absolute atomic E-state index is 0.0320. The summed E-state index contributed by atoms with van der Waals surface area (Å²) in [5.41, 5.74) is -1.96. The molecule has 1 heterocycles. The van der Waals surface area contributed by atoms with E-state index in [0.29, 0.717) is 24.2 Å². The molecule has 36 heavy (non-hydrogen) atoms. The Bertz CT molecular complexity index is 1080. The molecular weight excluding hydrogens is 465 g/mol. The van der Waals surface area contributed by atoms with E-state index in [2.05, 4.69) is 30.6 Å². The SMILES string of the molecule is Cc1ccc(C(C)(NC(=O)C2CC[C@H]3[C@@H]4CCC5NC(=O)C=C[C@]5(C)[C@@H]4CC[C@]23C)C(F)(F)F)cc1. The van der Waals surface area contributed by atoms with Gasteiger partial charge in [-0.05, 0) is 87.2 Å². The van der Waals surface area contributed by atoms with Crippen molar-refractivity contribution in [3.63, 3.8) is 0 Å². The van der Waals surface area contributed by atoms with Crippen molar-refractivity contribution in [2.24, 2.45) is 34.5 Å². The van der Waals surface area contributed by atoms with Crippen molar-refractivity contribution in [1.29, 1.82) is 0 Å². The number of hydrogen-bond acceptors (Lipinski definition) is 2. The highest BCUT2D eigenvalue weighted by molar-refractivity contribution is 5.89. The molecule has 0 aromatic heterocycles. The predicted molar refractivity (Wildman–Crippen MR) is 132 cm³/mol. The van der Waals surface area contributed by atoms with Crippen LogP contribution in [0.2, 0.25) is 0 Å². The zero-order chi connectivity index (χ0) is 26.1. The normalized spacial score (nSPS) is 39.3. The monoisotopic (exact) mass is 502 g/mol. The molecule has 0 spiro atoms. The van der Waals surface area contributed by atoms with Gasteiger partial charge in [-0.1, -0.05) is 49.8 Å². The molecule has 1 aromatic carbocycles. The van der Waals surface area contributed by atoms with Gasteiger partial charge in [-0.2, -0.15) is 13.2 Å². The number of hydrogen-bond donors (Lipinski definition) is 2. The van der Waals surface area contributed by atoms with Crippen LogP contribution in [0.4, 0.5) is 13.2 Å². The van der Waals surface area contributed by atoms with Crippen molar-refractivity contribution >= 4 is 11.8 Å². The van der Waals surface area contributed by atoms with Crippen LogP contribution >= 0.6 is 0 Å². The number of halogens is 3. The van der Waals surface area contributed by atoms with E-state index in [9.17, 15) is 22.8 Å². The summed E-state index contributed by atoms with van der Waals surface area (Å²) in [6, 6.07) is 6.35. The number of carbonyl (C=O) groups is 2. The second-order valence-electron chi connectivity index (χ2n) is 12.4. The van der Waals surface area contributed by atoms with E-state index in [1.54, 1.807) is 18.2 Å². The first-order valence-electron chi connectivity index (χ1n) is 13.3. The zero-order valence-electron chi connectivity index (χ0n) is 21.5. The minimum atomic E-state index is -4.63. The van der Waals surface area contributed by atoms with Gasteiger partial charge in [0.15, 0.2) is 5.54 Å². The number of alkyl halides is 3. The first kappa shape index (κ1) is 25.3. The zero-order valence-corrected chi connectivity index (χ0v) is 21.5. The quantitative estimate of drug-likeness (QED) is 0.549. The Hall–Kier alpha value is -2.31. The number of carbonyl (C=O) groups excluding carboxylic acids is 2. The van der Waals surface area contributed by atoms with Crippen molar-refractivity contribution in [2.45, 2.75) is 84.0 Å². The number of fused-ring (bicyclic) bond motifs is 5. The highest BCUT2D eigenvalue weighted by atomic mass is 19.4. The Kier molecular flexibility index (Phi) is 5.88. The summed E-state index contributed by atoms with van der Waals surface area (Å²) in [4.78, 5) is 25.6. The van der Waals surface area contributed by atoms with Gasteiger partial charge in [0, 0.05) is 17.4 Å². The molecule has 3 aliphatic carbocycles. The van der Waals surface area contributed by atoms with Crippen molar-refractivity contribution < 1.29 is 22.8 Å². The summed E-state index contributed by atoms with van der Waals surface area (Å²) < 4.78 is 43.1. The van der Waals surface area contributed by atoms with Crippen LogP contribution in [0.5, 0.6) is 0 Å². The number of nitrogens with one attached hydrogen (secondary N) is 2. The van der Waals surface area contributed by atoms with Crippen molar-refractivity contribution in [1.82, 2.24) is 10.6 Å². The smallest absolute Gasteiger partial charge is 0.349 e. The second kappa shape index (κ2) is 8.35. The van der Waals surface area contributed by atoms with Gasteiger partial charge >= 0.3 is 6.18 Å². The Morgan fingerprint density at radius 3 is 2.39 bits per heavy atom. The number of amides is 2. The highest BCUT2D eigenvalue weighted by Gasteiger charge is 2.62. The van der Waals surface area contributed by atoms with E-state index in [-0.39, 0.29) is 28.3 Å². The van der Waals surface area contributed by atoms with Crippen LogP contribution in [0.25, 0.3) is 0 Å². The molecule has 4 nitrogen and oxygen atoms in total. The second-order valence-corrected chi connectivity index (χ2v) is 12.4.